The Balaban J connectivity index is 2.12. The van der Waals surface area contributed by atoms with Crippen LogP contribution in [0.5, 0.6) is 0 Å². The van der Waals surface area contributed by atoms with Gasteiger partial charge in [-0.25, -0.2) is 0 Å². The Morgan fingerprint density at radius 1 is 1.09 bits per heavy atom. The summed E-state index contributed by atoms with van der Waals surface area (Å²) in [7, 11) is 3.72. The van der Waals surface area contributed by atoms with Gasteiger partial charge in [-0.3, -0.25) is 4.79 Å². The topological polar surface area (TPSA) is 32.7 Å². The van der Waals surface area contributed by atoms with Crippen molar-refractivity contribution >= 4 is 18.1 Å². The predicted molar refractivity (Wildman–Crippen MR) is 93.0 cm³/mol. The zero-order valence-electron chi connectivity index (χ0n) is 13.8. The maximum absolute atomic E-state index is 12.3. The fourth-order valence-corrected chi connectivity index (χ4v) is 2.43. The molecule has 0 amide bonds. The minimum Gasteiger partial charge on any atom is -0.303 e. The van der Waals surface area contributed by atoms with E-state index in [0.29, 0.717) is 5.92 Å². The van der Waals surface area contributed by atoms with E-state index in [2.05, 4.69) is 43.2 Å². The molecular weight excluding hydrogens is 272 g/mol. The van der Waals surface area contributed by atoms with Crippen LogP contribution >= 0.6 is 0 Å². The van der Waals surface area contributed by atoms with E-state index in [-0.39, 0.29) is 5.78 Å². The Labute approximate surface area is 133 Å². The van der Waals surface area contributed by atoms with Crippen LogP contribution in [0.3, 0.4) is 0 Å². The lowest BCUT2D eigenvalue weighted by Crippen LogP contribution is -2.01. The number of nitrogens with zero attached hydrogens (tertiary/aromatic N) is 2. The molecule has 2 rings (SSSR count). The normalized spacial score (nSPS) is 19.0. The molecule has 1 aromatic carbocycles. The molecule has 22 heavy (non-hydrogen) atoms. The summed E-state index contributed by atoms with van der Waals surface area (Å²) in [5.74, 6) is 0.679. The van der Waals surface area contributed by atoms with Crippen molar-refractivity contribution in [3.05, 3.63) is 52.6 Å². The van der Waals surface area contributed by atoms with Crippen LogP contribution in [0.2, 0.25) is 0 Å². The highest BCUT2D eigenvalue weighted by Gasteiger charge is 2.22. The molecule has 0 aromatic heterocycles. The van der Waals surface area contributed by atoms with Gasteiger partial charge >= 0.3 is 0 Å². The van der Waals surface area contributed by atoms with Crippen molar-refractivity contribution in [3.63, 3.8) is 0 Å². The van der Waals surface area contributed by atoms with E-state index >= 15 is 0 Å². The third kappa shape index (κ3) is 4.17. The molecule has 0 spiro atoms. The molecule has 0 aliphatic heterocycles. The number of ketones is 1. The van der Waals surface area contributed by atoms with Crippen molar-refractivity contribution in [1.82, 2.24) is 5.01 Å². The van der Waals surface area contributed by atoms with Gasteiger partial charge in [0.15, 0.2) is 5.78 Å². The third-order valence-electron chi connectivity index (χ3n) is 3.76. The first-order valence-electron chi connectivity index (χ1n) is 7.73. The largest absolute Gasteiger partial charge is 0.303 e. The van der Waals surface area contributed by atoms with Crippen molar-refractivity contribution in [2.75, 3.05) is 14.1 Å². The number of Topliss-reactive ketones (excluding diaryl/α,β-unsaturated/α-hetero) is 1. The van der Waals surface area contributed by atoms with Crippen LogP contribution in [0.15, 0.2) is 46.6 Å². The van der Waals surface area contributed by atoms with Gasteiger partial charge in [-0.15, -0.1) is 0 Å². The van der Waals surface area contributed by atoms with E-state index < -0.39 is 0 Å². The van der Waals surface area contributed by atoms with Gasteiger partial charge in [0.1, 0.15) is 0 Å². The van der Waals surface area contributed by atoms with Crippen LogP contribution in [0, 0.1) is 0 Å². The summed E-state index contributed by atoms with van der Waals surface area (Å²) < 4.78 is 0. The van der Waals surface area contributed by atoms with Crippen LogP contribution in [0.4, 0.5) is 0 Å². The summed E-state index contributed by atoms with van der Waals surface area (Å²) in [5.41, 5.74) is 4.15. The van der Waals surface area contributed by atoms with E-state index in [9.17, 15) is 4.79 Å². The number of hydrazone groups is 1. The molecule has 0 heterocycles. The molecule has 0 radical (unpaired) electrons. The van der Waals surface area contributed by atoms with Gasteiger partial charge in [0.2, 0.25) is 0 Å². The standard InChI is InChI=1S/C19H24N2O/c1-14(2)16-7-5-15(6-8-16)13-18-10-9-17(19(18)22)11-12-20-21(3)4/h5-8,11-14H,9-10H2,1-4H3/b17-11+,18-13+,20-12?. The maximum Gasteiger partial charge on any atom is 0.185 e. The highest BCUT2D eigenvalue weighted by Crippen LogP contribution is 2.28. The lowest BCUT2D eigenvalue weighted by molar-refractivity contribution is -0.111. The van der Waals surface area contributed by atoms with Crippen LogP contribution in [0.1, 0.15) is 43.7 Å². The number of hydrogen-bond donors (Lipinski definition) is 0. The summed E-state index contributed by atoms with van der Waals surface area (Å²) in [5, 5.41) is 5.83. The quantitative estimate of drug-likeness (QED) is 0.477. The number of rotatable bonds is 4. The van der Waals surface area contributed by atoms with Gasteiger partial charge in [0.25, 0.3) is 0 Å². The lowest BCUT2D eigenvalue weighted by atomic mass is 10.0. The van der Waals surface area contributed by atoms with Gasteiger partial charge in [0.05, 0.1) is 0 Å². The second kappa shape index (κ2) is 7.21. The van der Waals surface area contributed by atoms with Crippen LogP contribution in [0.25, 0.3) is 6.08 Å². The Morgan fingerprint density at radius 3 is 2.32 bits per heavy atom. The Kier molecular flexibility index (Phi) is 5.31. The average molecular weight is 296 g/mol. The molecule has 0 bridgehead atoms. The van der Waals surface area contributed by atoms with Crippen molar-refractivity contribution in [1.29, 1.82) is 0 Å². The monoisotopic (exact) mass is 296 g/mol. The average Bonchev–Trinajstić information content (AvgIpc) is 2.80. The number of carbonyl (C=O) groups is 1. The van der Waals surface area contributed by atoms with Crippen molar-refractivity contribution in [2.45, 2.75) is 32.6 Å². The molecule has 1 saturated carbocycles. The summed E-state index contributed by atoms with van der Waals surface area (Å²) in [4.78, 5) is 12.3. The van der Waals surface area contributed by atoms with E-state index in [4.69, 9.17) is 0 Å². The molecule has 0 atom stereocenters. The zero-order valence-corrected chi connectivity index (χ0v) is 13.8. The van der Waals surface area contributed by atoms with Crippen LogP contribution in [-0.2, 0) is 4.79 Å². The Bertz CT molecular complexity index is 619. The first-order chi connectivity index (χ1) is 10.5. The molecular formula is C19H24N2O. The number of allylic oxidation sites excluding steroid dienone is 3. The Hall–Kier alpha value is -2.16. The number of carbonyl (C=O) groups excluding carboxylic acids is 1. The molecule has 1 aromatic rings. The van der Waals surface area contributed by atoms with Crippen LogP contribution < -0.4 is 0 Å². The molecule has 3 heteroatoms. The zero-order chi connectivity index (χ0) is 16.1. The lowest BCUT2D eigenvalue weighted by Gasteiger charge is -2.05. The van der Waals surface area contributed by atoms with E-state index in [0.717, 1.165) is 29.6 Å². The summed E-state index contributed by atoms with van der Waals surface area (Å²) in [6.07, 6.45) is 7.13. The molecule has 116 valence electrons. The second-order valence-electron chi connectivity index (χ2n) is 6.12. The molecule has 0 saturated heterocycles. The highest BCUT2D eigenvalue weighted by atomic mass is 16.1. The van der Waals surface area contributed by atoms with E-state index in [1.165, 1.54) is 5.56 Å². The van der Waals surface area contributed by atoms with Gasteiger partial charge in [-0.2, -0.15) is 5.10 Å². The number of hydrogen-bond acceptors (Lipinski definition) is 3. The smallest absolute Gasteiger partial charge is 0.185 e. The van der Waals surface area contributed by atoms with Crippen molar-refractivity contribution < 1.29 is 4.79 Å². The van der Waals surface area contributed by atoms with E-state index in [1.807, 2.05) is 26.2 Å². The summed E-state index contributed by atoms with van der Waals surface area (Å²) >= 11 is 0. The first kappa shape index (κ1) is 16.2. The minimum atomic E-state index is 0.151. The first-order valence-corrected chi connectivity index (χ1v) is 7.73. The molecule has 3 nitrogen and oxygen atoms in total. The second-order valence-corrected chi connectivity index (χ2v) is 6.12. The fraction of sp³-hybridized carbons (Fsp3) is 0.368. The van der Waals surface area contributed by atoms with Crippen molar-refractivity contribution in [3.8, 4) is 0 Å². The SMILES string of the molecule is CC(C)c1ccc(/C=C2\CC/C(=C\C=NN(C)C)C2=O)cc1. The Morgan fingerprint density at radius 2 is 1.73 bits per heavy atom. The minimum absolute atomic E-state index is 0.151. The van der Waals surface area contributed by atoms with E-state index in [1.54, 1.807) is 11.2 Å². The third-order valence-corrected chi connectivity index (χ3v) is 3.76. The van der Waals surface area contributed by atoms with Gasteiger partial charge in [0, 0.05) is 31.5 Å². The van der Waals surface area contributed by atoms with Crippen molar-refractivity contribution in [2.24, 2.45) is 5.10 Å². The van der Waals surface area contributed by atoms with Gasteiger partial charge in [-0.05, 0) is 42.0 Å². The fourth-order valence-electron chi connectivity index (χ4n) is 2.43. The summed E-state index contributed by atoms with van der Waals surface area (Å²) in [6, 6.07) is 8.45. The highest BCUT2D eigenvalue weighted by molar-refractivity contribution is 6.14. The van der Waals surface area contributed by atoms with Gasteiger partial charge in [-0.1, -0.05) is 38.1 Å². The number of benzene rings is 1. The van der Waals surface area contributed by atoms with Crippen LogP contribution in [-0.4, -0.2) is 31.1 Å². The molecule has 0 unspecified atom stereocenters. The predicted octanol–water partition coefficient (Wildman–Crippen LogP) is 4.03. The molecule has 1 aliphatic rings. The summed E-state index contributed by atoms with van der Waals surface area (Å²) in [6.45, 7) is 4.36. The molecule has 1 fully saturated rings. The maximum atomic E-state index is 12.3. The molecule has 0 N–H and O–H groups in total. The van der Waals surface area contributed by atoms with Gasteiger partial charge < -0.3 is 5.01 Å². The molecule has 1 aliphatic carbocycles.